The minimum absolute atomic E-state index is 0.0648. The summed E-state index contributed by atoms with van der Waals surface area (Å²) in [5, 5.41) is 0. The van der Waals surface area contributed by atoms with Crippen molar-refractivity contribution in [2.45, 2.75) is 39.6 Å². The highest BCUT2D eigenvalue weighted by molar-refractivity contribution is 4.61. The Morgan fingerprint density at radius 3 is 2.60 bits per heavy atom. The fourth-order valence-electron chi connectivity index (χ4n) is 1.09. The Morgan fingerprint density at radius 2 is 2.20 bits per heavy atom. The van der Waals surface area contributed by atoms with Crippen LogP contribution in [0.15, 0.2) is 0 Å². The zero-order valence-electron chi connectivity index (χ0n) is 6.96. The molecule has 2 heteroatoms. The third-order valence-electron chi connectivity index (χ3n) is 1.56. The van der Waals surface area contributed by atoms with Crippen LogP contribution in [0.25, 0.3) is 0 Å². The molecular formula is C8H16O2. The monoisotopic (exact) mass is 144 g/mol. The Hall–Kier alpha value is -0.0800. The van der Waals surface area contributed by atoms with Crippen LogP contribution < -0.4 is 0 Å². The Balaban J connectivity index is 2.18. The van der Waals surface area contributed by atoms with Gasteiger partial charge >= 0.3 is 0 Å². The lowest BCUT2D eigenvalue weighted by Crippen LogP contribution is -2.11. The first-order chi connectivity index (χ1) is 4.68. The van der Waals surface area contributed by atoms with E-state index in [9.17, 15) is 0 Å². The molecule has 0 saturated carbocycles. The minimum atomic E-state index is 0.0648. The smallest absolute Gasteiger partial charge is 0.158 e. The molecule has 1 aliphatic heterocycles. The summed E-state index contributed by atoms with van der Waals surface area (Å²) in [5.41, 5.74) is 0. The van der Waals surface area contributed by atoms with Crippen molar-refractivity contribution in [1.82, 2.24) is 0 Å². The third kappa shape index (κ3) is 2.27. The lowest BCUT2D eigenvalue weighted by Gasteiger charge is -2.11. The van der Waals surface area contributed by atoms with Crippen LogP contribution in [-0.4, -0.2) is 19.0 Å². The van der Waals surface area contributed by atoms with Gasteiger partial charge in [-0.1, -0.05) is 13.8 Å². The first-order valence-corrected chi connectivity index (χ1v) is 3.95. The highest BCUT2D eigenvalue weighted by Gasteiger charge is 2.22. The van der Waals surface area contributed by atoms with Gasteiger partial charge in [0.2, 0.25) is 0 Å². The van der Waals surface area contributed by atoms with Gasteiger partial charge in [-0.05, 0) is 12.8 Å². The van der Waals surface area contributed by atoms with Gasteiger partial charge < -0.3 is 9.47 Å². The molecule has 0 aromatic rings. The topological polar surface area (TPSA) is 18.5 Å². The highest BCUT2D eigenvalue weighted by atomic mass is 16.7. The van der Waals surface area contributed by atoms with Crippen molar-refractivity contribution in [3.8, 4) is 0 Å². The van der Waals surface area contributed by atoms with Crippen LogP contribution in [0.2, 0.25) is 0 Å². The summed E-state index contributed by atoms with van der Waals surface area (Å²) in [6.45, 7) is 7.16. The van der Waals surface area contributed by atoms with Crippen LogP contribution in [-0.2, 0) is 9.47 Å². The minimum Gasteiger partial charge on any atom is -0.350 e. The summed E-state index contributed by atoms with van der Waals surface area (Å²) in [7, 11) is 0. The molecule has 2 atom stereocenters. The van der Waals surface area contributed by atoms with Gasteiger partial charge in [-0.15, -0.1) is 0 Å². The second-order valence-corrected chi connectivity index (χ2v) is 3.34. The summed E-state index contributed by atoms with van der Waals surface area (Å²) >= 11 is 0. The third-order valence-corrected chi connectivity index (χ3v) is 1.56. The summed E-state index contributed by atoms with van der Waals surface area (Å²) in [6.07, 6.45) is 1.38. The van der Waals surface area contributed by atoms with Crippen molar-refractivity contribution >= 4 is 0 Å². The quantitative estimate of drug-likeness (QED) is 0.588. The molecular weight excluding hydrogens is 128 g/mol. The summed E-state index contributed by atoms with van der Waals surface area (Å²) in [4.78, 5) is 0. The maximum Gasteiger partial charge on any atom is 0.158 e. The van der Waals surface area contributed by atoms with Crippen molar-refractivity contribution in [2.75, 3.05) is 6.61 Å². The van der Waals surface area contributed by atoms with Crippen molar-refractivity contribution in [3.05, 3.63) is 0 Å². The molecule has 1 aliphatic rings. The van der Waals surface area contributed by atoms with E-state index in [-0.39, 0.29) is 6.29 Å². The van der Waals surface area contributed by atoms with E-state index >= 15 is 0 Å². The van der Waals surface area contributed by atoms with E-state index in [4.69, 9.17) is 9.47 Å². The van der Waals surface area contributed by atoms with E-state index in [0.717, 1.165) is 13.0 Å². The van der Waals surface area contributed by atoms with Crippen molar-refractivity contribution in [3.63, 3.8) is 0 Å². The molecule has 0 bridgehead atoms. The molecule has 60 valence electrons. The lowest BCUT2D eigenvalue weighted by molar-refractivity contribution is -0.0661. The molecule has 0 aromatic carbocycles. The SMILES string of the molecule is CC(C)C[C@H]1OC[C@@H](C)O1. The largest absolute Gasteiger partial charge is 0.350 e. The van der Waals surface area contributed by atoms with E-state index in [1.165, 1.54) is 0 Å². The predicted molar refractivity (Wildman–Crippen MR) is 39.7 cm³/mol. The summed E-state index contributed by atoms with van der Waals surface area (Å²) in [6, 6.07) is 0. The average molecular weight is 144 g/mol. The van der Waals surface area contributed by atoms with Gasteiger partial charge in [0, 0.05) is 6.42 Å². The number of rotatable bonds is 2. The molecule has 1 rings (SSSR count). The van der Waals surface area contributed by atoms with Gasteiger partial charge in [0.1, 0.15) is 0 Å². The van der Waals surface area contributed by atoms with Crippen molar-refractivity contribution in [1.29, 1.82) is 0 Å². The van der Waals surface area contributed by atoms with Gasteiger partial charge in [0.15, 0.2) is 6.29 Å². The lowest BCUT2D eigenvalue weighted by atomic mass is 10.1. The number of ether oxygens (including phenoxy) is 2. The molecule has 1 fully saturated rings. The molecule has 1 saturated heterocycles. The van der Waals surface area contributed by atoms with Crippen molar-refractivity contribution in [2.24, 2.45) is 5.92 Å². The van der Waals surface area contributed by atoms with Gasteiger partial charge in [0.25, 0.3) is 0 Å². The zero-order chi connectivity index (χ0) is 7.56. The van der Waals surface area contributed by atoms with Gasteiger partial charge in [-0.2, -0.15) is 0 Å². The maximum atomic E-state index is 5.45. The van der Waals surface area contributed by atoms with E-state index in [1.54, 1.807) is 0 Å². The van der Waals surface area contributed by atoms with Crippen LogP contribution in [0.3, 0.4) is 0 Å². The van der Waals surface area contributed by atoms with Crippen LogP contribution in [0, 0.1) is 5.92 Å². The van der Waals surface area contributed by atoms with Crippen LogP contribution >= 0.6 is 0 Å². The molecule has 0 amide bonds. The van der Waals surface area contributed by atoms with Gasteiger partial charge in [0.05, 0.1) is 12.7 Å². The van der Waals surface area contributed by atoms with Crippen LogP contribution in [0.4, 0.5) is 0 Å². The first kappa shape index (κ1) is 8.02. The average Bonchev–Trinajstić information content (AvgIpc) is 2.13. The highest BCUT2D eigenvalue weighted by Crippen LogP contribution is 2.17. The molecule has 0 unspecified atom stereocenters. The summed E-state index contributed by atoms with van der Waals surface area (Å²) in [5.74, 6) is 0.662. The molecule has 0 spiro atoms. The van der Waals surface area contributed by atoms with Gasteiger partial charge in [-0.25, -0.2) is 0 Å². The fourth-order valence-corrected chi connectivity index (χ4v) is 1.09. The Labute approximate surface area is 62.5 Å². The Kier molecular flexibility index (Phi) is 2.69. The van der Waals surface area contributed by atoms with E-state index in [0.29, 0.717) is 12.0 Å². The normalized spacial score (nSPS) is 33.6. The van der Waals surface area contributed by atoms with E-state index < -0.39 is 0 Å². The molecule has 10 heavy (non-hydrogen) atoms. The second-order valence-electron chi connectivity index (χ2n) is 3.34. The fraction of sp³-hybridized carbons (Fsp3) is 1.00. The van der Waals surface area contributed by atoms with E-state index in [1.807, 2.05) is 6.92 Å². The number of hydrogen-bond acceptors (Lipinski definition) is 2. The van der Waals surface area contributed by atoms with E-state index in [2.05, 4.69) is 13.8 Å². The summed E-state index contributed by atoms with van der Waals surface area (Å²) < 4.78 is 10.8. The molecule has 2 nitrogen and oxygen atoms in total. The molecule has 0 radical (unpaired) electrons. The second kappa shape index (κ2) is 3.35. The van der Waals surface area contributed by atoms with Crippen LogP contribution in [0.5, 0.6) is 0 Å². The standard InChI is InChI=1S/C8H16O2/c1-6(2)4-8-9-5-7(3)10-8/h6-8H,4-5H2,1-3H3/t7-,8+/m1/s1. The molecule has 0 aliphatic carbocycles. The van der Waals surface area contributed by atoms with Gasteiger partial charge in [-0.3, -0.25) is 0 Å². The van der Waals surface area contributed by atoms with Crippen molar-refractivity contribution < 1.29 is 9.47 Å². The first-order valence-electron chi connectivity index (χ1n) is 3.95. The maximum absolute atomic E-state index is 5.45. The molecule has 0 aromatic heterocycles. The van der Waals surface area contributed by atoms with Crippen LogP contribution in [0.1, 0.15) is 27.2 Å². The number of hydrogen-bond donors (Lipinski definition) is 0. The Morgan fingerprint density at radius 1 is 1.50 bits per heavy atom. The molecule has 1 heterocycles. The molecule has 0 N–H and O–H groups in total. The Bertz CT molecular complexity index is 101. The predicted octanol–water partition coefficient (Wildman–Crippen LogP) is 1.79. The zero-order valence-corrected chi connectivity index (χ0v) is 6.96.